The summed E-state index contributed by atoms with van der Waals surface area (Å²) in [6.45, 7) is 5.33. The highest BCUT2D eigenvalue weighted by Gasteiger charge is 2.17. The average Bonchev–Trinajstić information content (AvgIpc) is 3.29. The molecule has 0 unspecified atom stereocenters. The van der Waals surface area contributed by atoms with Gasteiger partial charge in [0.2, 0.25) is 6.79 Å². The van der Waals surface area contributed by atoms with E-state index in [9.17, 15) is 0 Å². The molecule has 6 nitrogen and oxygen atoms in total. The van der Waals surface area contributed by atoms with Crippen LogP contribution in [0.25, 0.3) is 22.0 Å². The molecular weight excluding hydrogens is 316 g/mol. The largest absolute Gasteiger partial charge is 0.454 e. The van der Waals surface area contributed by atoms with Crippen molar-refractivity contribution in [1.82, 2.24) is 20.0 Å². The van der Waals surface area contributed by atoms with Gasteiger partial charge in [-0.3, -0.25) is 9.58 Å². The summed E-state index contributed by atoms with van der Waals surface area (Å²) in [4.78, 5) is 2.43. The number of nitrogens with one attached hydrogen (secondary N) is 1. The highest BCUT2D eigenvalue weighted by atomic mass is 16.7. The third kappa shape index (κ3) is 2.63. The van der Waals surface area contributed by atoms with Gasteiger partial charge in [-0.1, -0.05) is 18.2 Å². The molecule has 3 aromatic rings. The van der Waals surface area contributed by atoms with E-state index in [1.165, 1.54) is 5.56 Å². The Kier molecular flexibility index (Phi) is 3.57. The zero-order chi connectivity index (χ0) is 16.6. The minimum atomic E-state index is 0.297. The molecule has 6 heteroatoms. The molecule has 2 aliphatic rings. The van der Waals surface area contributed by atoms with Crippen LogP contribution < -0.4 is 14.8 Å². The van der Waals surface area contributed by atoms with Crippen LogP contribution in [0.1, 0.15) is 0 Å². The maximum absolute atomic E-state index is 5.52. The van der Waals surface area contributed by atoms with Gasteiger partial charge in [0.25, 0.3) is 0 Å². The van der Waals surface area contributed by atoms with E-state index in [0.717, 1.165) is 60.8 Å². The van der Waals surface area contributed by atoms with Crippen LogP contribution in [0.4, 0.5) is 0 Å². The molecular formula is C19H20N4O2. The van der Waals surface area contributed by atoms with Crippen LogP contribution in [0.5, 0.6) is 11.5 Å². The maximum Gasteiger partial charge on any atom is 0.231 e. The quantitative estimate of drug-likeness (QED) is 0.795. The lowest BCUT2D eigenvalue weighted by molar-refractivity contribution is 0.174. The van der Waals surface area contributed by atoms with E-state index in [0.29, 0.717) is 6.79 Å². The summed E-state index contributed by atoms with van der Waals surface area (Å²) >= 11 is 0. The number of benzene rings is 2. The Bertz CT molecular complexity index is 915. The number of piperazine rings is 1. The zero-order valence-corrected chi connectivity index (χ0v) is 13.9. The molecule has 2 aromatic carbocycles. The summed E-state index contributed by atoms with van der Waals surface area (Å²) in [6.07, 6.45) is 1.97. The number of hydrogen-bond donors (Lipinski definition) is 1. The number of aromatic nitrogens is 2. The molecule has 25 heavy (non-hydrogen) atoms. The molecule has 0 bridgehead atoms. The minimum Gasteiger partial charge on any atom is -0.454 e. The summed E-state index contributed by atoms with van der Waals surface area (Å²) in [7, 11) is 0. The second kappa shape index (κ2) is 6.06. The maximum atomic E-state index is 5.52. The molecule has 1 N–H and O–H groups in total. The second-order valence-electron chi connectivity index (χ2n) is 6.46. The topological polar surface area (TPSA) is 51.6 Å². The van der Waals surface area contributed by atoms with Crippen LogP contribution in [0.15, 0.2) is 42.6 Å². The molecule has 0 amide bonds. The predicted molar refractivity (Wildman–Crippen MR) is 95.7 cm³/mol. The van der Waals surface area contributed by atoms with E-state index in [1.807, 2.05) is 18.3 Å². The molecule has 0 saturated carbocycles. The summed E-state index contributed by atoms with van der Waals surface area (Å²) in [5.41, 5.74) is 3.45. The first kappa shape index (κ1) is 14.7. The van der Waals surface area contributed by atoms with Gasteiger partial charge >= 0.3 is 0 Å². The molecule has 0 spiro atoms. The van der Waals surface area contributed by atoms with Gasteiger partial charge in [0.15, 0.2) is 11.5 Å². The van der Waals surface area contributed by atoms with Crippen LogP contribution in [0.2, 0.25) is 0 Å². The Morgan fingerprint density at radius 2 is 1.92 bits per heavy atom. The highest BCUT2D eigenvalue weighted by Crippen LogP contribution is 2.37. The molecule has 1 saturated heterocycles. The van der Waals surface area contributed by atoms with Gasteiger partial charge in [0, 0.05) is 31.6 Å². The lowest BCUT2D eigenvalue weighted by Crippen LogP contribution is -2.44. The SMILES string of the molecule is c1cc(-c2ccc3c(c2)OCO3)c2cnn(CN3CCNCC3)c2c1. The van der Waals surface area contributed by atoms with Crippen molar-refractivity contribution in [2.75, 3.05) is 33.0 Å². The van der Waals surface area contributed by atoms with Crippen LogP contribution in [0, 0.1) is 0 Å². The van der Waals surface area contributed by atoms with Gasteiger partial charge in [-0.15, -0.1) is 0 Å². The second-order valence-corrected chi connectivity index (χ2v) is 6.46. The number of hydrogen-bond acceptors (Lipinski definition) is 5. The van der Waals surface area contributed by atoms with Crippen molar-refractivity contribution in [1.29, 1.82) is 0 Å². The first-order valence-corrected chi connectivity index (χ1v) is 8.66. The summed E-state index contributed by atoms with van der Waals surface area (Å²) in [5, 5.41) is 9.20. The predicted octanol–water partition coefficient (Wildman–Crippen LogP) is 2.29. The minimum absolute atomic E-state index is 0.297. The van der Waals surface area contributed by atoms with Gasteiger partial charge in [-0.2, -0.15) is 5.10 Å². The molecule has 0 atom stereocenters. The van der Waals surface area contributed by atoms with Gasteiger partial charge in [-0.25, -0.2) is 0 Å². The van der Waals surface area contributed by atoms with Crippen LogP contribution in [-0.4, -0.2) is 47.7 Å². The number of nitrogens with zero attached hydrogens (tertiary/aromatic N) is 3. The van der Waals surface area contributed by atoms with Crippen molar-refractivity contribution < 1.29 is 9.47 Å². The van der Waals surface area contributed by atoms with Gasteiger partial charge in [0.05, 0.1) is 18.4 Å². The first-order valence-electron chi connectivity index (χ1n) is 8.66. The standard InChI is InChI=1S/C19H20N4O2/c1-2-15(14-4-5-18-19(10-14)25-13-24-18)16-11-21-23(17(16)3-1)12-22-8-6-20-7-9-22/h1-5,10-11,20H,6-9,12-13H2. The van der Waals surface area contributed by atoms with Crippen LogP contribution >= 0.6 is 0 Å². The first-order chi connectivity index (χ1) is 12.4. The van der Waals surface area contributed by atoms with E-state index < -0.39 is 0 Å². The van der Waals surface area contributed by atoms with Crippen molar-refractivity contribution in [3.63, 3.8) is 0 Å². The molecule has 128 valence electrons. The molecule has 1 fully saturated rings. The van der Waals surface area contributed by atoms with Crippen molar-refractivity contribution in [2.45, 2.75) is 6.67 Å². The molecule has 1 aromatic heterocycles. The Morgan fingerprint density at radius 3 is 2.84 bits per heavy atom. The fourth-order valence-corrected chi connectivity index (χ4v) is 3.57. The molecule has 0 radical (unpaired) electrons. The lowest BCUT2D eigenvalue weighted by Gasteiger charge is -2.27. The van der Waals surface area contributed by atoms with Gasteiger partial charge in [-0.05, 0) is 29.3 Å². The van der Waals surface area contributed by atoms with Gasteiger partial charge < -0.3 is 14.8 Å². The normalized spacial score (nSPS) is 17.3. The Labute approximate surface area is 145 Å². The summed E-state index contributed by atoms with van der Waals surface area (Å²) < 4.78 is 13.0. The fraction of sp³-hybridized carbons (Fsp3) is 0.316. The smallest absolute Gasteiger partial charge is 0.231 e. The Balaban J connectivity index is 1.52. The molecule has 0 aliphatic carbocycles. The van der Waals surface area contributed by atoms with E-state index >= 15 is 0 Å². The fourth-order valence-electron chi connectivity index (χ4n) is 3.57. The van der Waals surface area contributed by atoms with Crippen molar-refractivity contribution in [3.8, 4) is 22.6 Å². The zero-order valence-electron chi connectivity index (χ0n) is 13.9. The van der Waals surface area contributed by atoms with Crippen LogP contribution in [-0.2, 0) is 6.67 Å². The van der Waals surface area contributed by atoms with E-state index in [-0.39, 0.29) is 0 Å². The molecule has 2 aliphatic heterocycles. The number of fused-ring (bicyclic) bond motifs is 2. The molecule has 3 heterocycles. The number of ether oxygens (including phenoxy) is 2. The van der Waals surface area contributed by atoms with Crippen LogP contribution in [0.3, 0.4) is 0 Å². The van der Waals surface area contributed by atoms with Gasteiger partial charge in [0.1, 0.15) is 0 Å². The third-order valence-electron chi connectivity index (χ3n) is 4.91. The number of rotatable bonds is 3. The average molecular weight is 336 g/mol. The van der Waals surface area contributed by atoms with Crippen molar-refractivity contribution in [2.24, 2.45) is 0 Å². The van der Waals surface area contributed by atoms with E-state index in [1.54, 1.807) is 0 Å². The monoisotopic (exact) mass is 336 g/mol. The van der Waals surface area contributed by atoms with Crippen molar-refractivity contribution >= 4 is 10.9 Å². The van der Waals surface area contributed by atoms with E-state index in [2.05, 4.69) is 44.3 Å². The van der Waals surface area contributed by atoms with Crippen molar-refractivity contribution in [3.05, 3.63) is 42.6 Å². The lowest BCUT2D eigenvalue weighted by atomic mass is 10.0. The highest BCUT2D eigenvalue weighted by molar-refractivity contribution is 5.95. The Hall–Kier alpha value is -2.57. The molecule has 5 rings (SSSR count). The van der Waals surface area contributed by atoms with E-state index in [4.69, 9.17) is 9.47 Å². The third-order valence-corrected chi connectivity index (χ3v) is 4.91. The summed E-state index contributed by atoms with van der Waals surface area (Å²) in [5.74, 6) is 1.62. The summed E-state index contributed by atoms with van der Waals surface area (Å²) in [6, 6.07) is 12.5. The Morgan fingerprint density at radius 1 is 1.04 bits per heavy atom.